The van der Waals surface area contributed by atoms with Gasteiger partial charge in [0.1, 0.15) is 0 Å². The second-order valence-corrected chi connectivity index (χ2v) is 11.3. The number of hydrogen-bond donors (Lipinski definition) is 1. The van der Waals surface area contributed by atoms with Crippen molar-refractivity contribution in [2.45, 2.75) is 38.8 Å². The predicted molar refractivity (Wildman–Crippen MR) is 138 cm³/mol. The fourth-order valence-electron chi connectivity index (χ4n) is 4.22. The first-order chi connectivity index (χ1) is 16.1. The SMILES string of the molecule is C[C@@H](NC(=O)c1ccc(CN(c2cccc(Cl)c2Cl)S(C)(=O)=O)cc1)c1ccc2c(c1)CCC2. The number of amides is 1. The second-order valence-electron chi connectivity index (χ2n) is 8.62. The highest BCUT2D eigenvalue weighted by Crippen LogP contribution is 2.34. The fraction of sp³-hybridized carbons (Fsp3) is 0.269. The van der Waals surface area contributed by atoms with E-state index < -0.39 is 10.0 Å². The highest BCUT2D eigenvalue weighted by molar-refractivity contribution is 7.92. The summed E-state index contributed by atoms with van der Waals surface area (Å²) in [6.45, 7) is 2.04. The van der Waals surface area contributed by atoms with Crippen LogP contribution >= 0.6 is 23.2 Å². The molecule has 0 saturated carbocycles. The van der Waals surface area contributed by atoms with Crippen LogP contribution in [0.3, 0.4) is 0 Å². The van der Waals surface area contributed by atoms with Gasteiger partial charge in [-0.25, -0.2) is 8.42 Å². The smallest absolute Gasteiger partial charge is 0.251 e. The average Bonchev–Trinajstić information content (AvgIpc) is 3.27. The van der Waals surface area contributed by atoms with Crippen molar-refractivity contribution in [3.63, 3.8) is 0 Å². The van der Waals surface area contributed by atoms with Crippen molar-refractivity contribution in [3.05, 3.63) is 98.5 Å². The number of fused-ring (bicyclic) bond motifs is 1. The van der Waals surface area contributed by atoms with E-state index in [4.69, 9.17) is 23.2 Å². The third kappa shape index (κ3) is 5.40. The number of aryl methyl sites for hydroxylation is 2. The van der Waals surface area contributed by atoms with Crippen molar-refractivity contribution in [3.8, 4) is 0 Å². The molecule has 3 aromatic rings. The summed E-state index contributed by atoms with van der Waals surface area (Å²) in [5.74, 6) is -0.183. The van der Waals surface area contributed by atoms with Crippen LogP contribution in [-0.4, -0.2) is 20.6 Å². The van der Waals surface area contributed by atoms with Gasteiger partial charge in [-0.15, -0.1) is 0 Å². The number of sulfonamides is 1. The van der Waals surface area contributed by atoms with Gasteiger partial charge in [0, 0.05) is 5.56 Å². The molecule has 8 heteroatoms. The number of anilines is 1. The largest absolute Gasteiger partial charge is 0.346 e. The lowest BCUT2D eigenvalue weighted by molar-refractivity contribution is 0.0940. The van der Waals surface area contributed by atoms with E-state index in [0.29, 0.717) is 16.8 Å². The van der Waals surface area contributed by atoms with E-state index >= 15 is 0 Å². The molecule has 1 aliphatic rings. The fourth-order valence-corrected chi connectivity index (χ4v) is 5.56. The van der Waals surface area contributed by atoms with Crippen LogP contribution in [0, 0.1) is 0 Å². The molecule has 1 aliphatic carbocycles. The van der Waals surface area contributed by atoms with Crippen LogP contribution in [0.15, 0.2) is 60.7 Å². The standard InChI is InChI=1S/C26H26Cl2N2O3S/c1-17(21-14-13-19-5-3-6-22(19)15-21)29-26(31)20-11-9-18(10-12-20)16-30(34(2,32)33)24-8-4-7-23(27)25(24)28/h4,7-15,17H,3,5-6,16H2,1-2H3,(H,29,31)/t17-/m1/s1. The molecule has 5 nitrogen and oxygen atoms in total. The Morgan fingerprint density at radius 1 is 1.03 bits per heavy atom. The molecule has 0 aromatic heterocycles. The minimum atomic E-state index is -3.62. The molecule has 0 unspecified atom stereocenters. The Morgan fingerprint density at radius 2 is 1.74 bits per heavy atom. The quantitative estimate of drug-likeness (QED) is 0.422. The maximum Gasteiger partial charge on any atom is 0.251 e. The minimum absolute atomic E-state index is 0.0618. The Morgan fingerprint density at radius 3 is 2.44 bits per heavy atom. The average molecular weight is 517 g/mol. The van der Waals surface area contributed by atoms with E-state index in [-0.39, 0.29) is 28.5 Å². The van der Waals surface area contributed by atoms with Crippen molar-refractivity contribution in [1.82, 2.24) is 5.32 Å². The lowest BCUT2D eigenvalue weighted by Crippen LogP contribution is -2.29. The van der Waals surface area contributed by atoms with E-state index in [1.807, 2.05) is 6.92 Å². The zero-order chi connectivity index (χ0) is 24.5. The monoisotopic (exact) mass is 516 g/mol. The lowest BCUT2D eigenvalue weighted by atomic mass is 10.0. The highest BCUT2D eigenvalue weighted by atomic mass is 35.5. The third-order valence-corrected chi connectivity index (χ3v) is 8.05. The zero-order valence-electron chi connectivity index (χ0n) is 19.0. The highest BCUT2D eigenvalue weighted by Gasteiger charge is 2.22. The number of carbonyl (C=O) groups is 1. The van der Waals surface area contributed by atoms with Gasteiger partial charge in [-0.1, -0.05) is 59.6 Å². The summed E-state index contributed by atoms with van der Waals surface area (Å²) < 4.78 is 26.1. The molecule has 1 amide bonds. The van der Waals surface area contributed by atoms with Gasteiger partial charge in [-0.3, -0.25) is 9.10 Å². The van der Waals surface area contributed by atoms with Crippen molar-refractivity contribution < 1.29 is 13.2 Å². The predicted octanol–water partition coefficient (Wildman–Crippen LogP) is 5.94. The molecule has 1 atom stereocenters. The summed E-state index contributed by atoms with van der Waals surface area (Å²) in [6.07, 6.45) is 4.53. The van der Waals surface area contributed by atoms with Gasteiger partial charge in [0.15, 0.2) is 0 Å². The zero-order valence-corrected chi connectivity index (χ0v) is 21.3. The second kappa shape index (κ2) is 9.98. The molecule has 0 fully saturated rings. The Labute approximate surface area is 210 Å². The third-order valence-electron chi connectivity index (χ3n) is 6.11. The number of halogens is 2. The van der Waals surface area contributed by atoms with Crippen molar-refractivity contribution in [2.24, 2.45) is 0 Å². The molecule has 4 rings (SSSR count). The number of benzene rings is 3. The van der Waals surface area contributed by atoms with Gasteiger partial charge >= 0.3 is 0 Å². The first kappa shape index (κ1) is 24.6. The lowest BCUT2D eigenvalue weighted by Gasteiger charge is -2.24. The van der Waals surface area contributed by atoms with Crippen LogP contribution in [-0.2, 0) is 29.4 Å². The number of hydrogen-bond acceptors (Lipinski definition) is 3. The molecule has 1 N–H and O–H groups in total. The molecule has 0 spiro atoms. The number of carbonyl (C=O) groups excluding carboxylic acids is 1. The van der Waals surface area contributed by atoms with Crippen LogP contribution < -0.4 is 9.62 Å². The van der Waals surface area contributed by atoms with E-state index in [9.17, 15) is 13.2 Å². The summed E-state index contributed by atoms with van der Waals surface area (Å²) in [6, 6.07) is 18.0. The molecular formula is C26H26Cl2N2O3S. The molecule has 0 heterocycles. The van der Waals surface area contributed by atoms with E-state index in [1.165, 1.54) is 21.9 Å². The molecule has 0 radical (unpaired) electrons. The summed E-state index contributed by atoms with van der Waals surface area (Å²) >= 11 is 12.3. The summed E-state index contributed by atoms with van der Waals surface area (Å²) in [5.41, 5.74) is 5.39. The van der Waals surface area contributed by atoms with Crippen LogP contribution in [0.5, 0.6) is 0 Å². The number of nitrogens with zero attached hydrogens (tertiary/aromatic N) is 1. The van der Waals surface area contributed by atoms with Crippen LogP contribution in [0.1, 0.15) is 52.0 Å². The number of nitrogens with one attached hydrogen (secondary N) is 1. The van der Waals surface area contributed by atoms with Crippen LogP contribution in [0.25, 0.3) is 0 Å². The van der Waals surface area contributed by atoms with Gasteiger partial charge < -0.3 is 5.32 Å². The van der Waals surface area contributed by atoms with Gasteiger partial charge in [0.2, 0.25) is 10.0 Å². The molecule has 0 aliphatic heterocycles. The van der Waals surface area contributed by atoms with Gasteiger partial charge in [-0.2, -0.15) is 0 Å². The summed E-state index contributed by atoms with van der Waals surface area (Å²) in [5, 5.41) is 3.50. The maximum atomic E-state index is 12.8. The normalized spacial score (nSPS) is 13.9. The molecule has 0 saturated heterocycles. The van der Waals surface area contributed by atoms with Crippen LogP contribution in [0.2, 0.25) is 10.0 Å². The first-order valence-corrected chi connectivity index (χ1v) is 13.7. The van der Waals surface area contributed by atoms with Crippen LogP contribution in [0.4, 0.5) is 5.69 Å². The van der Waals surface area contributed by atoms with Gasteiger partial charge in [0.25, 0.3) is 5.91 Å². The van der Waals surface area contributed by atoms with E-state index in [2.05, 4.69) is 23.5 Å². The first-order valence-electron chi connectivity index (χ1n) is 11.1. The minimum Gasteiger partial charge on any atom is -0.346 e. The molecule has 34 heavy (non-hydrogen) atoms. The molecule has 0 bridgehead atoms. The Hall–Kier alpha value is -2.54. The molecule has 3 aromatic carbocycles. The Bertz CT molecular complexity index is 1320. The maximum absolute atomic E-state index is 12.8. The van der Waals surface area contributed by atoms with Gasteiger partial charge in [0.05, 0.1) is 34.6 Å². The summed E-state index contributed by atoms with van der Waals surface area (Å²) in [7, 11) is -3.62. The Balaban J connectivity index is 1.47. The molecule has 178 valence electrons. The summed E-state index contributed by atoms with van der Waals surface area (Å²) in [4.78, 5) is 12.8. The topological polar surface area (TPSA) is 66.5 Å². The van der Waals surface area contributed by atoms with Crippen molar-refractivity contribution >= 4 is 44.8 Å². The number of rotatable bonds is 7. The Kier molecular flexibility index (Phi) is 7.22. The van der Waals surface area contributed by atoms with Gasteiger partial charge in [-0.05, 0) is 72.7 Å². The van der Waals surface area contributed by atoms with E-state index in [1.54, 1.807) is 42.5 Å². The van der Waals surface area contributed by atoms with E-state index in [0.717, 1.165) is 24.7 Å². The van der Waals surface area contributed by atoms with Crippen molar-refractivity contribution in [2.75, 3.05) is 10.6 Å². The molecular weight excluding hydrogens is 491 g/mol. The van der Waals surface area contributed by atoms with Crippen molar-refractivity contribution in [1.29, 1.82) is 0 Å².